The molecule has 5 heteroatoms. The summed E-state index contributed by atoms with van der Waals surface area (Å²) >= 11 is 9.55. The number of benzene rings is 1. The fourth-order valence-corrected chi connectivity index (χ4v) is 2.22. The highest BCUT2D eigenvalue weighted by atomic mass is 79.9. The molecule has 1 N–H and O–H groups in total. The summed E-state index contributed by atoms with van der Waals surface area (Å²) in [4.78, 5) is 0. The molecule has 96 valence electrons. The zero-order chi connectivity index (χ0) is 13.0. The van der Waals surface area contributed by atoms with Gasteiger partial charge in [0.2, 0.25) is 0 Å². The van der Waals surface area contributed by atoms with Gasteiger partial charge >= 0.3 is 0 Å². The highest BCUT2D eigenvalue weighted by Crippen LogP contribution is 2.26. The van der Waals surface area contributed by atoms with Gasteiger partial charge in [-0.3, -0.25) is 4.68 Å². The van der Waals surface area contributed by atoms with Gasteiger partial charge in [-0.25, -0.2) is 0 Å². The van der Waals surface area contributed by atoms with Crippen LogP contribution in [0, 0.1) is 0 Å². The lowest BCUT2D eigenvalue weighted by molar-refractivity contribution is 0.602. The van der Waals surface area contributed by atoms with Crippen LogP contribution in [0.3, 0.4) is 0 Å². The van der Waals surface area contributed by atoms with Gasteiger partial charge in [0.15, 0.2) is 0 Å². The largest absolute Gasteiger partial charge is 0.380 e. The first kappa shape index (κ1) is 13.4. The summed E-state index contributed by atoms with van der Waals surface area (Å²) in [6.07, 6.45) is 5.03. The van der Waals surface area contributed by atoms with Crippen molar-refractivity contribution < 1.29 is 0 Å². The first-order valence-corrected chi connectivity index (χ1v) is 7.06. The van der Waals surface area contributed by atoms with Crippen LogP contribution in [0.25, 0.3) is 0 Å². The smallest absolute Gasteiger partial charge is 0.0638 e. The maximum Gasteiger partial charge on any atom is 0.0638 e. The normalized spacial score (nSPS) is 10.6. The van der Waals surface area contributed by atoms with Crippen LogP contribution in [0.5, 0.6) is 0 Å². The molecule has 0 spiro atoms. The van der Waals surface area contributed by atoms with Gasteiger partial charge < -0.3 is 5.32 Å². The second-order valence-corrected chi connectivity index (χ2v) is 5.41. The molecular formula is C13H15BrClN3. The molecule has 0 fully saturated rings. The van der Waals surface area contributed by atoms with E-state index >= 15 is 0 Å². The van der Waals surface area contributed by atoms with Gasteiger partial charge in [-0.2, -0.15) is 5.10 Å². The van der Waals surface area contributed by atoms with E-state index in [4.69, 9.17) is 11.6 Å². The van der Waals surface area contributed by atoms with Crippen LogP contribution in [0.15, 0.2) is 35.1 Å². The standard InChI is InChI=1S/C13H15BrClN3/c1-2-5-18-9-10(8-17-18)7-16-13-6-11(14)3-4-12(13)15/h3-4,6,8-9,16H,2,5,7H2,1H3. The number of halogens is 2. The quantitative estimate of drug-likeness (QED) is 0.886. The molecule has 0 saturated carbocycles. The van der Waals surface area contributed by atoms with Crippen molar-refractivity contribution in [3.8, 4) is 0 Å². The van der Waals surface area contributed by atoms with Crippen molar-refractivity contribution in [1.29, 1.82) is 0 Å². The molecular weight excluding hydrogens is 314 g/mol. The molecule has 3 nitrogen and oxygen atoms in total. The van der Waals surface area contributed by atoms with Crippen molar-refractivity contribution in [2.24, 2.45) is 0 Å². The minimum atomic E-state index is 0.721. The number of nitrogens with zero attached hydrogens (tertiary/aromatic N) is 2. The molecule has 2 aromatic rings. The van der Waals surface area contributed by atoms with Gasteiger partial charge in [-0.15, -0.1) is 0 Å². The molecule has 0 atom stereocenters. The van der Waals surface area contributed by atoms with E-state index in [9.17, 15) is 0 Å². The van der Waals surface area contributed by atoms with Crippen LogP contribution in [-0.2, 0) is 13.1 Å². The van der Waals surface area contributed by atoms with Gasteiger partial charge in [0.25, 0.3) is 0 Å². The minimum absolute atomic E-state index is 0.721. The van der Waals surface area contributed by atoms with E-state index < -0.39 is 0 Å². The minimum Gasteiger partial charge on any atom is -0.380 e. The summed E-state index contributed by atoms with van der Waals surface area (Å²) in [5.41, 5.74) is 2.08. The lowest BCUT2D eigenvalue weighted by atomic mass is 10.3. The Bertz CT molecular complexity index is 525. The summed E-state index contributed by atoms with van der Waals surface area (Å²) < 4.78 is 2.97. The van der Waals surface area contributed by atoms with Crippen LogP contribution < -0.4 is 5.32 Å². The summed E-state index contributed by atoms with van der Waals surface area (Å²) in [6.45, 7) is 3.82. The monoisotopic (exact) mass is 327 g/mol. The van der Waals surface area contributed by atoms with Crippen molar-refractivity contribution in [1.82, 2.24) is 9.78 Å². The summed E-state index contributed by atoms with van der Waals surface area (Å²) in [6, 6.07) is 5.76. The van der Waals surface area contributed by atoms with Gasteiger partial charge in [-0.1, -0.05) is 34.5 Å². The molecule has 18 heavy (non-hydrogen) atoms. The van der Waals surface area contributed by atoms with Crippen LogP contribution >= 0.6 is 27.5 Å². The van der Waals surface area contributed by atoms with Crippen LogP contribution in [0.2, 0.25) is 5.02 Å². The van der Waals surface area contributed by atoms with E-state index in [0.29, 0.717) is 0 Å². The molecule has 1 aromatic carbocycles. The maximum absolute atomic E-state index is 6.11. The van der Waals surface area contributed by atoms with Gasteiger partial charge in [0, 0.05) is 29.3 Å². The Labute approximate surface area is 120 Å². The van der Waals surface area contributed by atoms with Crippen LogP contribution in [0.4, 0.5) is 5.69 Å². The second-order valence-electron chi connectivity index (χ2n) is 4.09. The molecule has 0 aliphatic carbocycles. The predicted octanol–water partition coefficient (Wildman–Crippen LogP) is 4.32. The van der Waals surface area contributed by atoms with Crippen molar-refractivity contribution in [2.45, 2.75) is 26.4 Å². The van der Waals surface area contributed by atoms with Crippen molar-refractivity contribution in [2.75, 3.05) is 5.32 Å². The summed E-state index contributed by atoms with van der Waals surface area (Å²) in [7, 11) is 0. The number of hydrogen-bond donors (Lipinski definition) is 1. The number of anilines is 1. The topological polar surface area (TPSA) is 29.9 Å². The van der Waals surface area contributed by atoms with Crippen LogP contribution in [-0.4, -0.2) is 9.78 Å². The fraction of sp³-hybridized carbons (Fsp3) is 0.308. The van der Waals surface area contributed by atoms with E-state index in [1.807, 2.05) is 29.1 Å². The Morgan fingerprint density at radius 1 is 1.44 bits per heavy atom. The Morgan fingerprint density at radius 3 is 3.06 bits per heavy atom. The van der Waals surface area contributed by atoms with E-state index in [-0.39, 0.29) is 0 Å². The van der Waals surface area contributed by atoms with Gasteiger partial charge in [-0.05, 0) is 24.6 Å². The highest BCUT2D eigenvalue weighted by Gasteiger charge is 2.02. The van der Waals surface area contributed by atoms with Gasteiger partial charge in [0.1, 0.15) is 0 Å². The number of aromatic nitrogens is 2. The van der Waals surface area contributed by atoms with E-state index in [1.165, 1.54) is 0 Å². The van der Waals surface area contributed by atoms with Crippen molar-refractivity contribution in [3.63, 3.8) is 0 Å². The zero-order valence-corrected chi connectivity index (χ0v) is 12.5. The number of rotatable bonds is 5. The molecule has 0 aliphatic heterocycles. The zero-order valence-electron chi connectivity index (χ0n) is 10.2. The predicted molar refractivity (Wildman–Crippen MR) is 79.0 cm³/mol. The Morgan fingerprint density at radius 2 is 2.28 bits per heavy atom. The van der Waals surface area contributed by atoms with Crippen molar-refractivity contribution >= 4 is 33.2 Å². The maximum atomic E-state index is 6.11. The molecule has 0 radical (unpaired) electrons. The number of aryl methyl sites for hydroxylation is 1. The second kappa shape index (κ2) is 6.25. The lowest BCUT2D eigenvalue weighted by Crippen LogP contribution is -1.99. The third-order valence-electron chi connectivity index (χ3n) is 2.55. The molecule has 0 aliphatic rings. The molecule has 1 aromatic heterocycles. The number of hydrogen-bond acceptors (Lipinski definition) is 2. The summed E-state index contributed by atoms with van der Waals surface area (Å²) in [5.74, 6) is 0. The first-order valence-electron chi connectivity index (χ1n) is 5.89. The van der Waals surface area contributed by atoms with E-state index in [0.717, 1.165) is 40.3 Å². The SMILES string of the molecule is CCCn1cc(CNc2cc(Br)ccc2Cl)cn1. The molecule has 1 heterocycles. The average molecular weight is 329 g/mol. The van der Waals surface area contributed by atoms with Gasteiger partial charge in [0.05, 0.1) is 16.9 Å². The third-order valence-corrected chi connectivity index (χ3v) is 3.37. The van der Waals surface area contributed by atoms with E-state index in [1.54, 1.807) is 0 Å². The van der Waals surface area contributed by atoms with E-state index in [2.05, 4.69) is 39.5 Å². The molecule has 0 amide bonds. The van der Waals surface area contributed by atoms with Crippen molar-refractivity contribution in [3.05, 3.63) is 45.7 Å². The summed E-state index contributed by atoms with van der Waals surface area (Å²) in [5, 5.41) is 8.32. The molecule has 0 bridgehead atoms. The number of nitrogens with one attached hydrogen (secondary N) is 1. The first-order chi connectivity index (χ1) is 8.69. The Balaban J connectivity index is 1.99. The lowest BCUT2D eigenvalue weighted by Gasteiger charge is -2.07. The molecule has 2 rings (SSSR count). The average Bonchev–Trinajstić information content (AvgIpc) is 2.79. The molecule has 0 saturated heterocycles. The Hall–Kier alpha value is -1.00. The Kier molecular flexibility index (Phi) is 4.66. The highest BCUT2D eigenvalue weighted by molar-refractivity contribution is 9.10. The third kappa shape index (κ3) is 3.50. The van der Waals surface area contributed by atoms with Crippen LogP contribution in [0.1, 0.15) is 18.9 Å². The molecule has 0 unspecified atom stereocenters. The fourth-order valence-electron chi connectivity index (χ4n) is 1.68.